The standard InChI is InChI=1S/C48H32N2.2H2/c1-3-12-33(13-4-1)35-22-26-39(27-23-35)49-45-20-9-7-18-41(45)43-31-37(24-28-47(43)49)38-25-29-48-44(32-38)42-19-8-10-21-46(42)50(48)40-17-11-16-36(30-40)34-14-5-2-6-15-34;;/h1-32H;2*1H/i;1+2;. The lowest BCUT2D eigenvalue weighted by atomic mass is 10.0. The van der Waals surface area contributed by atoms with Crippen LogP contribution in [-0.2, 0) is 0 Å². The SMILES string of the molecule is [3HH].[HH].c1ccc(-c2ccc(-n3c4ccccc4c4cc(-c5ccc6c(c5)c5ccccc5n6-c5cccc(-c6ccccc6)c5)ccc43)cc2)cc1. The zero-order valence-corrected chi connectivity index (χ0v) is 27.4. The Balaban J connectivity index is 0.00000193. The molecule has 0 aliphatic carbocycles. The first-order valence-corrected chi connectivity index (χ1v) is 17.2. The lowest BCUT2D eigenvalue weighted by molar-refractivity contribution is 1.18. The summed E-state index contributed by atoms with van der Waals surface area (Å²) in [6.45, 7) is 0. The molecule has 0 amide bonds. The van der Waals surface area contributed by atoms with Crippen molar-refractivity contribution >= 4 is 43.6 Å². The van der Waals surface area contributed by atoms with Crippen LogP contribution in [0.5, 0.6) is 0 Å². The van der Waals surface area contributed by atoms with Crippen LogP contribution in [0.15, 0.2) is 194 Å². The fourth-order valence-corrected chi connectivity index (χ4v) is 7.75. The molecule has 2 nitrogen and oxygen atoms in total. The minimum Gasteiger partial charge on any atom is -0.309 e. The molecule has 2 heteroatoms. The second-order valence-electron chi connectivity index (χ2n) is 13.0. The Bertz CT molecular complexity index is 2850. The predicted molar refractivity (Wildman–Crippen MR) is 216 cm³/mol. The minimum atomic E-state index is 0. The molecule has 10 aromatic rings. The predicted octanol–water partition coefficient (Wildman–Crippen LogP) is 13.4. The van der Waals surface area contributed by atoms with E-state index >= 15 is 0 Å². The summed E-state index contributed by atoms with van der Waals surface area (Å²) < 4.78 is 4.80. The average molecular weight is 643 g/mol. The molecule has 0 saturated heterocycles. The van der Waals surface area contributed by atoms with Crippen molar-refractivity contribution in [1.29, 1.82) is 0 Å². The van der Waals surface area contributed by atoms with Crippen molar-refractivity contribution in [1.82, 2.24) is 9.13 Å². The number of hydrogen-bond donors (Lipinski definition) is 0. The lowest BCUT2D eigenvalue weighted by Crippen LogP contribution is -1.94. The molecule has 0 fully saturated rings. The number of aromatic nitrogens is 2. The van der Waals surface area contributed by atoms with Crippen LogP contribution in [0.3, 0.4) is 0 Å². The molecule has 8 aromatic carbocycles. The molecule has 0 bridgehead atoms. The van der Waals surface area contributed by atoms with E-state index in [1.807, 2.05) is 0 Å². The van der Waals surface area contributed by atoms with Gasteiger partial charge in [-0.3, -0.25) is 0 Å². The summed E-state index contributed by atoms with van der Waals surface area (Å²) in [5, 5.41) is 5.02. The van der Waals surface area contributed by atoms with Gasteiger partial charge in [-0.2, -0.15) is 0 Å². The van der Waals surface area contributed by atoms with Crippen LogP contribution in [0.4, 0.5) is 0 Å². The van der Waals surface area contributed by atoms with Crippen LogP contribution in [0.1, 0.15) is 2.85 Å². The van der Waals surface area contributed by atoms with Gasteiger partial charge in [0.05, 0.1) is 22.1 Å². The highest BCUT2D eigenvalue weighted by Crippen LogP contribution is 2.39. The molecule has 0 N–H and O–H groups in total. The van der Waals surface area contributed by atoms with Crippen LogP contribution in [0, 0.1) is 0 Å². The van der Waals surface area contributed by atoms with Gasteiger partial charge in [-0.15, -0.1) is 0 Å². The van der Waals surface area contributed by atoms with Crippen LogP contribution < -0.4 is 0 Å². The molecular weight excluding hydrogens is 605 g/mol. The van der Waals surface area contributed by atoms with E-state index in [0.29, 0.717) is 0 Å². The summed E-state index contributed by atoms with van der Waals surface area (Å²) >= 11 is 0. The van der Waals surface area contributed by atoms with E-state index in [4.69, 9.17) is 0 Å². The van der Waals surface area contributed by atoms with Gasteiger partial charge in [-0.1, -0.05) is 133 Å². The van der Waals surface area contributed by atoms with E-state index in [1.54, 1.807) is 0 Å². The smallest absolute Gasteiger partial charge is 0.0541 e. The van der Waals surface area contributed by atoms with Gasteiger partial charge in [0.15, 0.2) is 0 Å². The van der Waals surface area contributed by atoms with E-state index in [1.165, 1.54) is 77.0 Å². The Kier molecular flexibility index (Phi) is 6.53. The van der Waals surface area contributed by atoms with E-state index in [9.17, 15) is 0 Å². The molecule has 10 rings (SSSR count). The third kappa shape index (κ3) is 4.57. The molecule has 0 spiro atoms. The van der Waals surface area contributed by atoms with Gasteiger partial charge in [0, 0.05) is 35.8 Å². The highest BCUT2D eigenvalue weighted by Gasteiger charge is 2.16. The number of para-hydroxylation sites is 2. The molecule has 2 aromatic heterocycles. The van der Waals surface area contributed by atoms with E-state index < -0.39 is 0 Å². The maximum Gasteiger partial charge on any atom is 0.0541 e. The lowest BCUT2D eigenvalue weighted by Gasteiger charge is -2.11. The van der Waals surface area contributed by atoms with E-state index in [0.717, 1.165) is 11.4 Å². The monoisotopic (exact) mass is 642 g/mol. The summed E-state index contributed by atoms with van der Waals surface area (Å²) in [7, 11) is 0. The van der Waals surface area contributed by atoms with Gasteiger partial charge in [0.25, 0.3) is 0 Å². The first kappa shape index (κ1) is 28.4. The van der Waals surface area contributed by atoms with Crippen LogP contribution in [0.25, 0.3) is 88.4 Å². The fraction of sp³-hybridized carbons (Fsp3) is 0. The van der Waals surface area contributed by atoms with Crippen molar-refractivity contribution in [2.24, 2.45) is 0 Å². The van der Waals surface area contributed by atoms with Gasteiger partial charge < -0.3 is 9.13 Å². The highest BCUT2D eigenvalue weighted by atomic mass is 15.0. The number of benzene rings is 8. The van der Waals surface area contributed by atoms with Gasteiger partial charge in [-0.05, 0) is 94.0 Å². The zero-order chi connectivity index (χ0) is 33.0. The van der Waals surface area contributed by atoms with Crippen molar-refractivity contribution < 1.29 is 2.85 Å². The number of fused-ring (bicyclic) bond motifs is 6. The van der Waals surface area contributed by atoms with Crippen molar-refractivity contribution in [2.75, 3.05) is 0 Å². The molecule has 0 aliphatic rings. The first-order valence-electron chi connectivity index (χ1n) is 17.2. The van der Waals surface area contributed by atoms with E-state index in [2.05, 4.69) is 203 Å². The second-order valence-corrected chi connectivity index (χ2v) is 13.0. The van der Waals surface area contributed by atoms with Crippen molar-refractivity contribution in [3.05, 3.63) is 194 Å². The maximum atomic E-state index is 2.40. The van der Waals surface area contributed by atoms with Crippen LogP contribution in [0.2, 0.25) is 0 Å². The minimum absolute atomic E-state index is 0. The molecule has 0 aliphatic heterocycles. The van der Waals surface area contributed by atoms with Crippen LogP contribution >= 0.6 is 0 Å². The van der Waals surface area contributed by atoms with Gasteiger partial charge in [0.2, 0.25) is 0 Å². The summed E-state index contributed by atoms with van der Waals surface area (Å²) in [5.74, 6) is 0. The molecule has 2 heterocycles. The Hall–Kier alpha value is -6.64. The quantitative estimate of drug-likeness (QED) is 0.177. The summed E-state index contributed by atoms with van der Waals surface area (Å²) in [6.07, 6.45) is 0. The topological polar surface area (TPSA) is 9.86 Å². The maximum absolute atomic E-state index is 2.40. The van der Waals surface area contributed by atoms with Gasteiger partial charge in [0.1, 0.15) is 0 Å². The van der Waals surface area contributed by atoms with Crippen LogP contribution in [-0.4, -0.2) is 9.13 Å². The molecule has 238 valence electrons. The van der Waals surface area contributed by atoms with Crippen molar-refractivity contribution in [2.45, 2.75) is 0 Å². The zero-order valence-electron chi connectivity index (χ0n) is 27.4. The van der Waals surface area contributed by atoms with Crippen molar-refractivity contribution in [3.8, 4) is 44.8 Å². The Morgan fingerprint density at radius 3 is 1.24 bits per heavy atom. The van der Waals surface area contributed by atoms with Crippen molar-refractivity contribution in [3.63, 3.8) is 0 Å². The molecule has 50 heavy (non-hydrogen) atoms. The van der Waals surface area contributed by atoms with E-state index in [-0.39, 0.29) is 2.85 Å². The Labute approximate surface area is 293 Å². The Morgan fingerprint density at radius 2 is 0.660 bits per heavy atom. The number of hydrogen-bond acceptors (Lipinski definition) is 0. The Morgan fingerprint density at radius 1 is 0.260 bits per heavy atom. The summed E-state index contributed by atoms with van der Waals surface area (Å²) in [6, 6.07) is 70.4. The van der Waals surface area contributed by atoms with Gasteiger partial charge >= 0.3 is 0 Å². The third-order valence-corrected chi connectivity index (χ3v) is 10.1. The average Bonchev–Trinajstić information content (AvgIpc) is 3.71. The third-order valence-electron chi connectivity index (χ3n) is 10.1. The first-order chi connectivity index (χ1) is 24.8. The number of nitrogens with zero attached hydrogens (tertiary/aromatic N) is 2. The molecule has 0 atom stereocenters. The summed E-state index contributed by atoms with van der Waals surface area (Å²) in [5.41, 5.74) is 14.5. The number of rotatable bonds is 5. The molecule has 0 radical (unpaired) electrons. The summed E-state index contributed by atoms with van der Waals surface area (Å²) in [4.78, 5) is 0. The van der Waals surface area contributed by atoms with Gasteiger partial charge in [-0.25, -0.2) is 0 Å². The molecule has 0 saturated carbocycles. The highest BCUT2D eigenvalue weighted by molar-refractivity contribution is 6.12. The molecular formula is C48H36N2. The molecule has 0 unspecified atom stereocenters. The fourth-order valence-electron chi connectivity index (χ4n) is 7.75. The largest absolute Gasteiger partial charge is 0.309 e. The normalized spacial score (nSPS) is 11.6. The second kappa shape index (κ2) is 11.5.